The van der Waals surface area contributed by atoms with E-state index in [1.165, 1.54) is 0 Å². The van der Waals surface area contributed by atoms with E-state index in [9.17, 15) is 9.90 Å². The van der Waals surface area contributed by atoms with E-state index in [1.807, 2.05) is 0 Å². The number of carboxylic acids is 1. The van der Waals surface area contributed by atoms with Gasteiger partial charge in [-0.3, -0.25) is 9.69 Å². The Kier molecular flexibility index (Phi) is 4.57. The minimum atomic E-state index is -0.745. The Morgan fingerprint density at radius 1 is 1.57 bits per heavy atom. The summed E-state index contributed by atoms with van der Waals surface area (Å²) in [5.74, 6) is -1.17. The van der Waals surface area contributed by atoms with Crippen LogP contribution in [-0.2, 0) is 16.0 Å². The Morgan fingerprint density at radius 3 is 3.19 bits per heavy atom. The lowest BCUT2D eigenvalue weighted by Gasteiger charge is -2.31. The summed E-state index contributed by atoms with van der Waals surface area (Å²) in [6.45, 7) is 5.86. The highest BCUT2D eigenvalue weighted by Gasteiger charge is 2.32. The molecule has 6 heteroatoms. The van der Waals surface area contributed by atoms with Crippen molar-refractivity contribution in [2.45, 2.75) is 44.6 Å². The molecule has 1 fully saturated rings. The van der Waals surface area contributed by atoms with Gasteiger partial charge in [-0.15, -0.1) is 11.3 Å². The quantitative estimate of drug-likeness (QED) is 0.925. The van der Waals surface area contributed by atoms with Crippen molar-refractivity contribution in [2.75, 3.05) is 26.2 Å². The molecule has 1 aromatic heterocycles. The van der Waals surface area contributed by atoms with E-state index in [-0.39, 0.29) is 6.10 Å². The summed E-state index contributed by atoms with van der Waals surface area (Å²) < 4.78 is 5.87. The Hall–Kier alpha value is -0.980. The third-order valence-corrected chi connectivity index (χ3v) is 5.46. The second-order valence-electron chi connectivity index (χ2n) is 5.80. The summed E-state index contributed by atoms with van der Waals surface area (Å²) in [4.78, 5) is 19.6. The van der Waals surface area contributed by atoms with Crippen LogP contribution in [0.25, 0.3) is 0 Å². The first-order valence-corrected chi connectivity index (χ1v) is 8.57. The lowest BCUT2D eigenvalue weighted by atomic mass is 9.91. The third-order valence-electron chi connectivity index (χ3n) is 4.23. The molecule has 2 unspecified atom stereocenters. The number of hydrogen-bond acceptors (Lipinski definition) is 5. The fourth-order valence-corrected chi connectivity index (χ4v) is 4.40. The molecule has 1 N–H and O–H groups in total. The molecular weight excluding hydrogens is 288 g/mol. The monoisotopic (exact) mass is 310 g/mol. The number of hydrogen-bond donors (Lipinski definition) is 1. The predicted octanol–water partition coefficient (Wildman–Crippen LogP) is 2.43. The van der Waals surface area contributed by atoms with Crippen LogP contribution in [0.3, 0.4) is 0 Å². The van der Waals surface area contributed by atoms with Crippen molar-refractivity contribution in [2.24, 2.45) is 0 Å². The molecule has 2 aliphatic rings. The van der Waals surface area contributed by atoms with Gasteiger partial charge in [-0.2, -0.15) is 0 Å². The van der Waals surface area contributed by atoms with Gasteiger partial charge in [-0.25, -0.2) is 4.98 Å². The summed E-state index contributed by atoms with van der Waals surface area (Å²) in [6, 6.07) is 0. The molecule has 21 heavy (non-hydrogen) atoms. The van der Waals surface area contributed by atoms with Crippen LogP contribution in [-0.4, -0.2) is 47.2 Å². The van der Waals surface area contributed by atoms with Crippen LogP contribution in [0.4, 0.5) is 0 Å². The predicted molar refractivity (Wildman–Crippen MR) is 80.9 cm³/mol. The molecule has 0 amide bonds. The van der Waals surface area contributed by atoms with Crippen molar-refractivity contribution in [1.29, 1.82) is 0 Å². The number of aromatic nitrogens is 1. The highest BCUT2D eigenvalue weighted by molar-refractivity contribution is 7.11. The standard InChI is InChI=1S/C15H22N2O3S/c1-2-6-17-7-8-20-11(9-17)14-16-13-10(15(18)19)4-3-5-12(13)21-14/h10-11H,2-9H2,1H3,(H,18,19). The highest BCUT2D eigenvalue weighted by Crippen LogP contribution is 2.38. The number of morpholine rings is 1. The first-order chi connectivity index (χ1) is 10.2. The van der Waals surface area contributed by atoms with E-state index in [1.54, 1.807) is 11.3 Å². The summed E-state index contributed by atoms with van der Waals surface area (Å²) in [7, 11) is 0. The van der Waals surface area contributed by atoms with E-state index in [4.69, 9.17) is 4.74 Å². The fraction of sp³-hybridized carbons (Fsp3) is 0.733. The molecule has 2 heterocycles. The molecule has 1 aromatic rings. The van der Waals surface area contributed by atoms with Crippen molar-refractivity contribution < 1.29 is 14.6 Å². The number of thiazole rings is 1. The van der Waals surface area contributed by atoms with E-state index in [0.29, 0.717) is 6.42 Å². The largest absolute Gasteiger partial charge is 0.481 e. The van der Waals surface area contributed by atoms with Crippen molar-refractivity contribution in [1.82, 2.24) is 9.88 Å². The number of rotatable bonds is 4. The van der Waals surface area contributed by atoms with Crippen molar-refractivity contribution in [3.05, 3.63) is 15.6 Å². The van der Waals surface area contributed by atoms with E-state index < -0.39 is 11.9 Å². The molecule has 1 saturated heterocycles. The summed E-state index contributed by atoms with van der Waals surface area (Å²) in [5.41, 5.74) is 0.796. The second-order valence-corrected chi connectivity index (χ2v) is 6.92. The smallest absolute Gasteiger partial charge is 0.312 e. The number of nitrogens with zero attached hydrogens (tertiary/aromatic N) is 2. The zero-order valence-corrected chi connectivity index (χ0v) is 13.2. The summed E-state index contributed by atoms with van der Waals surface area (Å²) in [6.07, 6.45) is 3.76. The lowest BCUT2D eigenvalue weighted by Crippen LogP contribution is -2.38. The summed E-state index contributed by atoms with van der Waals surface area (Å²) >= 11 is 1.66. The van der Waals surface area contributed by atoms with Crippen LogP contribution in [0.15, 0.2) is 0 Å². The minimum absolute atomic E-state index is 0.00958. The molecule has 0 saturated carbocycles. The van der Waals surface area contributed by atoms with E-state index >= 15 is 0 Å². The molecule has 1 aliphatic heterocycles. The van der Waals surface area contributed by atoms with Gasteiger partial charge in [-0.1, -0.05) is 6.92 Å². The van der Waals surface area contributed by atoms with Crippen LogP contribution in [0.2, 0.25) is 0 Å². The molecule has 116 valence electrons. The van der Waals surface area contributed by atoms with E-state index in [2.05, 4.69) is 16.8 Å². The maximum atomic E-state index is 11.4. The molecular formula is C15H22N2O3S. The number of carboxylic acid groups (broad SMARTS) is 1. The van der Waals surface area contributed by atoms with Gasteiger partial charge < -0.3 is 9.84 Å². The molecule has 0 spiro atoms. The van der Waals surface area contributed by atoms with Crippen LogP contribution in [0.1, 0.15) is 53.8 Å². The SMILES string of the molecule is CCCN1CCOC(c2nc3c(s2)CCCC3C(=O)O)C1. The Bertz CT molecular complexity index is 515. The van der Waals surface area contributed by atoms with Crippen LogP contribution in [0.5, 0.6) is 0 Å². The highest BCUT2D eigenvalue weighted by atomic mass is 32.1. The average Bonchev–Trinajstić information content (AvgIpc) is 2.91. The lowest BCUT2D eigenvalue weighted by molar-refractivity contribution is -0.139. The van der Waals surface area contributed by atoms with Crippen LogP contribution < -0.4 is 0 Å². The number of aliphatic carboxylic acids is 1. The first kappa shape index (κ1) is 14.9. The second kappa shape index (κ2) is 6.42. The van der Waals surface area contributed by atoms with E-state index in [0.717, 1.165) is 61.1 Å². The molecule has 0 bridgehead atoms. The summed E-state index contributed by atoms with van der Waals surface area (Å²) in [5, 5.41) is 10.3. The number of ether oxygens (including phenoxy) is 1. The number of aryl methyl sites for hydroxylation is 1. The van der Waals surface area contributed by atoms with Gasteiger partial charge in [0.05, 0.1) is 18.2 Å². The molecule has 5 nitrogen and oxygen atoms in total. The van der Waals surface area contributed by atoms with Gasteiger partial charge >= 0.3 is 5.97 Å². The van der Waals surface area contributed by atoms with Crippen molar-refractivity contribution >= 4 is 17.3 Å². The zero-order chi connectivity index (χ0) is 14.8. The average molecular weight is 310 g/mol. The Balaban J connectivity index is 1.79. The topological polar surface area (TPSA) is 62.7 Å². The molecule has 3 rings (SSSR count). The van der Waals surface area contributed by atoms with Gasteiger partial charge in [0, 0.05) is 18.0 Å². The van der Waals surface area contributed by atoms with Crippen molar-refractivity contribution in [3.8, 4) is 0 Å². The number of fused-ring (bicyclic) bond motifs is 1. The fourth-order valence-electron chi connectivity index (χ4n) is 3.19. The molecule has 0 radical (unpaired) electrons. The first-order valence-electron chi connectivity index (χ1n) is 7.75. The maximum Gasteiger partial charge on any atom is 0.312 e. The Labute approximate surface area is 128 Å². The maximum absolute atomic E-state index is 11.4. The third kappa shape index (κ3) is 3.12. The van der Waals surface area contributed by atoms with Crippen LogP contribution >= 0.6 is 11.3 Å². The molecule has 2 atom stereocenters. The minimum Gasteiger partial charge on any atom is -0.481 e. The zero-order valence-electron chi connectivity index (χ0n) is 12.4. The van der Waals surface area contributed by atoms with Gasteiger partial charge in [-0.05, 0) is 32.2 Å². The van der Waals surface area contributed by atoms with Crippen molar-refractivity contribution in [3.63, 3.8) is 0 Å². The van der Waals surface area contributed by atoms with Gasteiger partial charge in [0.25, 0.3) is 0 Å². The van der Waals surface area contributed by atoms with Gasteiger partial charge in [0.1, 0.15) is 11.1 Å². The molecule has 1 aliphatic carbocycles. The van der Waals surface area contributed by atoms with Gasteiger partial charge in [0.2, 0.25) is 0 Å². The van der Waals surface area contributed by atoms with Gasteiger partial charge in [0.15, 0.2) is 0 Å². The normalized spacial score (nSPS) is 26.5. The Morgan fingerprint density at radius 2 is 2.43 bits per heavy atom. The molecule has 0 aromatic carbocycles. The van der Waals surface area contributed by atoms with Crippen LogP contribution in [0, 0.1) is 0 Å². The number of carbonyl (C=O) groups is 1.